The first-order valence-corrected chi connectivity index (χ1v) is 5.54. The molecule has 0 bridgehead atoms. The second-order valence-electron chi connectivity index (χ2n) is 4.15. The number of carbonyl (C=O) groups excluding carboxylic acids is 1. The molecule has 1 N–H and O–H groups in total. The maximum atomic E-state index is 11.3. The Balaban J connectivity index is 2.26. The van der Waals surface area contributed by atoms with Gasteiger partial charge in [-0.05, 0) is 32.3 Å². The number of hydrogen-bond acceptors (Lipinski definition) is 2. The lowest BCUT2D eigenvalue weighted by atomic mass is 9.96. The van der Waals surface area contributed by atoms with Gasteiger partial charge >= 0.3 is 6.09 Å². The van der Waals surface area contributed by atoms with Crippen LogP contribution in [0.2, 0.25) is 0 Å². The summed E-state index contributed by atoms with van der Waals surface area (Å²) in [5.74, 6) is 0. The summed E-state index contributed by atoms with van der Waals surface area (Å²) in [7, 11) is 0. The van der Waals surface area contributed by atoms with E-state index in [1.54, 1.807) is 0 Å². The number of alkyl carbamates (subject to hydrolysis) is 1. The number of carbonyl (C=O) groups is 1. The first-order chi connectivity index (χ1) is 7.18. The van der Waals surface area contributed by atoms with Crippen molar-refractivity contribution in [2.45, 2.75) is 52.0 Å². The summed E-state index contributed by atoms with van der Waals surface area (Å²) < 4.78 is 4.85. The zero-order chi connectivity index (χ0) is 11.1. The van der Waals surface area contributed by atoms with Gasteiger partial charge in [-0.3, -0.25) is 0 Å². The third-order valence-corrected chi connectivity index (χ3v) is 2.44. The predicted molar refractivity (Wildman–Crippen MR) is 59.4 cm³/mol. The van der Waals surface area contributed by atoms with Gasteiger partial charge in [0.15, 0.2) is 0 Å². The standard InChI is InChI=1S/C12H19NO2/c1-10(2)8-9-15-12(14)13-11-6-4-3-5-7-11/h9,11H,3-7H2,1-2H3,(H,13,14). The fourth-order valence-electron chi connectivity index (χ4n) is 1.65. The van der Waals surface area contributed by atoms with Crippen molar-refractivity contribution in [1.29, 1.82) is 0 Å². The highest BCUT2D eigenvalue weighted by Crippen LogP contribution is 2.17. The molecule has 1 amide bonds. The molecule has 84 valence electrons. The lowest BCUT2D eigenvalue weighted by Crippen LogP contribution is -2.35. The third-order valence-electron chi connectivity index (χ3n) is 2.44. The molecule has 0 atom stereocenters. The second kappa shape index (κ2) is 6.31. The van der Waals surface area contributed by atoms with Crippen molar-refractivity contribution in [2.75, 3.05) is 0 Å². The lowest BCUT2D eigenvalue weighted by molar-refractivity contribution is 0.177. The van der Waals surface area contributed by atoms with Crippen LogP contribution in [0.25, 0.3) is 0 Å². The Kier molecular flexibility index (Phi) is 4.99. The van der Waals surface area contributed by atoms with Crippen molar-refractivity contribution in [3.63, 3.8) is 0 Å². The smallest absolute Gasteiger partial charge is 0.410 e. The normalized spacial score (nSPS) is 16.4. The number of rotatable bonds is 2. The predicted octanol–water partition coefficient (Wildman–Crippen LogP) is 3.12. The number of hydrogen-bond donors (Lipinski definition) is 1. The Morgan fingerprint density at radius 1 is 1.33 bits per heavy atom. The van der Waals surface area contributed by atoms with Crippen molar-refractivity contribution >= 4 is 6.09 Å². The van der Waals surface area contributed by atoms with Crippen LogP contribution in [-0.2, 0) is 4.74 Å². The highest BCUT2D eigenvalue weighted by Gasteiger charge is 2.15. The van der Waals surface area contributed by atoms with Gasteiger partial charge in [-0.15, -0.1) is 0 Å². The van der Waals surface area contributed by atoms with Gasteiger partial charge in [0.05, 0.1) is 0 Å². The van der Waals surface area contributed by atoms with Crippen LogP contribution in [-0.4, -0.2) is 12.1 Å². The molecule has 0 radical (unpaired) electrons. The van der Waals surface area contributed by atoms with E-state index in [1.807, 2.05) is 13.8 Å². The van der Waals surface area contributed by atoms with Gasteiger partial charge in [-0.25, -0.2) is 4.79 Å². The van der Waals surface area contributed by atoms with E-state index in [2.05, 4.69) is 11.0 Å². The second-order valence-corrected chi connectivity index (χ2v) is 4.15. The molecule has 3 heteroatoms. The van der Waals surface area contributed by atoms with Gasteiger partial charge in [0, 0.05) is 6.04 Å². The van der Waals surface area contributed by atoms with Gasteiger partial charge in [0.25, 0.3) is 0 Å². The molecule has 0 aliphatic heterocycles. The summed E-state index contributed by atoms with van der Waals surface area (Å²) >= 11 is 0. The molecule has 1 aliphatic carbocycles. The molecule has 0 aromatic rings. The molecule has 0 heterocycles. The van der Waals surface area contributed by atoms with E-state index < -0.39 is 0 Å². The fraction of sp³-hybridized carbons (Fsp3) is 0.667. The lowest BCUT2D eigenvalue weighted by Gasteiger charge is -2.21. The zero-order valence-electron chi connectivity index (χ0n) is 9.51. The monoisotopic (exact) mass is 209 g/mol. The molecule has 15 heavy (non-hydrogen) atoms. The van der Waals surface area contributed by atoms with E-state index in [1.165, 1.54) is 25.5 Å². The summed E-state index contributed by atoms with van der Waals surface area (Å²) in [6.45, 7) is 3.80. The molecule has 1 fully saturated rings. The molecule has 0 aromatic heterocycles. The largest absolute Gasteiger partial charge is 0.412 e. The molecule has 1 aliphatic rings. The Morgan fingerprint density at radius 3 is 2.60 bits per heavy atom. The van der Waals surface area contributed by atoms with E-state index in [4.69, 9.17) is 4.74 Å². The quantitative estimate of drug-likeness (QED) is 0.560. The fourth-order valence-corrected chi connectivity index (χ4v) is 1.65. The van der Waals surface area contributed by atoms with E-state index in [0.717, 1.165) is 18.4 Å². The van der Waals surface area contributed by atoms with E-state index >= 15 is 0 Å². The Bertz CT molecular complexity index is 267. The van der Waals surface area contributed by atoms with Crippen LogP contribution < -0.4 is 5.32 Å². The van der Waals surface area contributed by atoms with Crippen molar-refractivity contribution in [3.8, 4) is 0 Å². The summed E-state index contributed by atoms with van der Waals surface area (Å²) in [6.07, 6.45) is 6.78. The van der Waals surface area contributed by atoms with E-state index in [9.17, 15) is 4.79 Å². The topological polar surface area (TPSA) is 38.3 Å². The number of nitrogens with one attached hydrogen (secondary N) is 1. The molecule has 3 nitrogen and oxygen atoms in total. The van der Waals surface area contributed by atoms with Crippen molar-refractivity contribution < 1.29 is 9.53 Å². The average Bonchev–Trinajstić information content (AvgIpc) is 2.18. The molecule has 0 aromatic carbocycles. The van der Waals surface area contributed by atoms with Gasteiger partial charge < -0.3 is 10.1 Å². The van der Waals surface area contributed by atoms with Gasteiger partial charge in [0.1, 0.15) is 6.26 Å². The highest BCUT2D eigenvalue weighted by atomic mass is 16.5. The third kappa shape index (κ3) is 5.28. The summed E-state index contributed by atoms with van der Waals surface area (Å²) in [5.41, 5.74) is 3.81. The zero-order valence-corrected chi connectivity index (χ0v) is 9.51. The van der Waals surface area contributed by atoms with E-state index in [-0.39, 0.29) is 6.09 Å². The van der Waals surface area contributed by atoms with Crippen LogP contribution in [0.5, 0.6) is 0 Å². The highest BCUT2D eigenvalue weighted by molar-refractivity contribution is 5.68. The maximum Gasteiger partial charge on any atom is 0.412 e. The minimum absolute atomic E-state index is 0.298. The first-order valence-electron chi connectivity index (χ1n) is 5.54. The van der Waals surface area contributed by atoms with Crippen LogP contribution in [0.3, 0.4) is 0 Å². The number of ether oxygens (including phenoxy) is 1. The molecule has 1 rings (SSSR count). The van der Waals surface area contributed by atoms with Gasteiger partial charge in [-0.1, -0.05) is 25.0 Å². The van der Waals surface area contributed by atoms with Crippen LogP contribution in [0.15, 0.2) is 17.6 Å². The summed E-state index contributed by atoms with van der Waals surface area (Å²) in [4.78, 5) is 11.3. The summed E-state index contributed by atoms with van der Waals surface area (Å²) in [5, 5.41) is 2.85. The van der Waals surface area contributed by atoms with E-state index in [0.29, 0.717) is 6.04 Å². The maximum absolute atomic E-state index is 11.3. The molecule has 0 unspecified atom stereocenters. The van der Waals surface area contributed by atoms with Gasteiger partial charge in [-0.2, -0.15) is 0 Å². The van der Waals surface area contributed by atoms with Crippen molar-refractivity contribution in [3.05, 3.63) is 17.6 Å². The minimum Gasteiger partial charge on any atom is -0.410 e. The first kappa shape index (κ1) is 11.9. The molecule has 0 saturated heterocycles. The Morgan fingerprint density at radius 2 is 2.00 bits per heavy atom. The summed E-state index contributed by atoms with van der Waals surface area (Å²) in [6, 6.07) is 0.298. The number of amides is 1. The minimum atomic E-state index is -0.365. The van der Waals surface area contributed by atoms with Crippen molar-refractivity contribution in [1.82, 2.24) is 5.32 Å². The molecular weight excluding hydrogens is 190 g/mol. The van der Waals surface area contributed by atoms with Crippen molar-refractivity contribution in [2.24, 2.45) is 0 Å². The average molecular weight is 209 g/mol. The Labute approximate surface area is 91.2 Å². The SMILES string of the molecule is CC(C)=C=COC(=O)NC1CCCCC1. The van der Waals surface area contributed by atoms with Crippen LogP contribution >= 0.6 is 0 Å². The molecule has 0 spiro atoms. The number of allylic oxidation sites excluding steroid dienone is 1. The molecular formula is C12H19NO2. The van der Waals surface area contributed by atoms with Crippen LogP contribution in [0, 0.1) is 0 Å². The van der Waals surface area contributed by atoms with Gasteiger partial charge in [0.2, 0.25) is 0 Å². The van der Waals surface area contributed by atoms with Crippen LogP contribution in [0.4, 0.5) is 4.79 Å². The molecule has 1 saturated carbocycles. The Hall–Kier alpha value is -1.21. The van der Waals surface area contributed by atoms with Crippen LogP contribution in [0.1, 0.15) is 46.0 Å².